The Labute approximate surface area is 168 Å². The van der Waals surface area contributed by atoms with Crippen LogP contribution < -0.4 is 15.4 Å². The van der Waals surface area contributed by atoms with Crippen LogP contribution in [0, 0.1) is 0 Å². The molecule has 1 heterocycles. The number of carbonyl (C=O) groups is 1. The largest absolute Gasteiger partial charge is 0.496 e. The number of nitrogens with one attached hydrogen (secondary N) is 2. The zero-order valence-corrected chi connectivity index (χ0v) is 16.7. The monoisotopic (exact) mass is 408 g/mol. The third kappa shape index (κ3) is 4.49. The van der Waals surface area contributed by atoms with E-state index in [1.807, 2.05) is 37.3 Å². The van der Waals surface area contributed by atoms with Gasteiger partial charge in [-0.15, -0.1) is 0 Å². The smallest absolute Gasteiger partial charge is 0.407 e. The van der Waals surface area contributed by atoms with E-state index in [4.69, 9.17) is 32.7 Å². The molecule has 0 saturated carbocycles. The van der Waals surface area contributed by atoms with Crippen molar-refractivity contribution in [1.29, 1.82) is 0 Å². The number of benzene rings is 2. The Morgan fingerprint density at radius 2 is 2.00 bits per heavy atom. The maximum absolute atomic E-state index is 12.2. The van der Waals surface area contributed by atoms with Gasteiger partial charge in [0.15, 0.2) is 0 Å². The van der Waals surface area contributed by atoms with Crippen molar-refractivity contribution >= 4 is 29.3 Å². The van der Waals surface area contributed by atoms with E-state index in [1.165, 1.54) is 0 Å². The molecular formula is C20H22Cl2N2O3. The molecule has 1 fully saturated rings. The van der Waals surface area contributed by atoms with Gasteiger partial charge in [0.25, 0.3) is 0 Å². The standard InChI is InChI=1S/C20H22Cl2N2O3/c1-12(24-20(25)27-11-13-6-4-3-5-7-13)15-8-16(21)18(22)17(19(15)26-2)14-9-23-10-14/h3-8,12,14,23H,9-11H2,1-2H3,(H,24,25). The molecule has 3 rings (SSSR count). The number of amides is 1. The average molecular weight is 409 g/mol. The summed E-state index contributed by atoms with van der Waals surface area (Å²) in [4.78, 5) is 12.2. The first kappa shape index (κ1) is 19.8. The van der Waals surface area contributed by atoms with Crippen LogP contribution in [0.15, 0.2) is 36.4 Å². The summed E-state index contributed by atoms with van der Waals surface area (Å²) in [6, 6.07) is 10.9. The molecule has 2 aromatic carbocycles. The molecule has 1 amide bonds. The zero-order chi connectivity index (χ0) is 19.4. The fourth-order valence-electron chi connectivity index (χ4n) is 3.08. The Morgan fingerprint density at radius 3 is 2.59 bits per heavy atom. The summed E-state index contributed by atoms with van der Waals surface area (Å²) in [6.07, 6.45) is -0.508. The van der Waals surface area contributed by atoms with Crippen LogP contribution in [0.5, 0.6) is 5.75 Å². The number of rotatable bonds is 6. The Balaban J connectivity index is 1.74. The van der Waals surface area contributed by atoms with E-state index in [1.54, 1.807) is 13.2 Å². The second kappa shape index (κ2) is 8.83. The number of carbonyl (C=O) groups excluding carboxylic acids is 1. The molecule has 1 aliphatic rings. The van der Waals surface area contributed by atoms with Crippen LogP contribution in [0.3, 0.4) is 0 Å². The quantitative estimate of drug-likeness (QED) is 0.728. The first-order valence-corrected chi connectivity index (χ1v) is 9.50. The van der Waals surface area contributed by atoms with Crippen molar-refractivity contribution in [2.75, 3.05) is 20.2 Å². The summed E-state index contributed by atoms with van der Waals surface area (Å²) in [5, 5.41) is 7.00. The first-order valence-electron chi connectivity index (χ1n) is 8.75. The SMILES string of the molecule is COc1c(C(C)NC(=O)OCc2ccccc2)cc(Cl)c(Cl)c1C1CNC1. The molecule has 0 aliphatic carbocycles. The van der Waals surface area contributed by atoms with Crippen LogP contribution in [0.25, 0.3) is 0 Å². The molecule has 2 aromatic rings. The van der Waals surface area contributed by atoms with E-state index in [9.17, 15) is 4.79 Å². The maximum atomic E-state index is 12.2. The number of hydrogen-bond acceptors (Lipinski definition) is 4. The predicted molar refractivity (Wildman–Crippen MR) is 107 cm³/mol. The van der Waals surface area contributed by atoms with Gasteiger partial charge in [0, 0.05) is 30.1 Å². The first-order chi connectivity index (χ1) is 13.0. The maximum Gasteiger partial charge on any atom is 0.407 e. The minimum atomic E-state index is -0.508. The molecule has 1 atom stereocenters. The van der Waals surface area contributed by atoms with Gasteiger partial charge >= 0.3 is 6.09 Å². The summed E-state index contributed by atoms with van der Waals surface area (Å²) in [5.74, 6) is 0.897. The summed E-state index contributed by atoms with van der Waals surface area (Å²) >= 11 is 12.8. The van der Waals surface area contributed by atoms with Crippen LogP contribution in [-0.2, 0) is 11.3 Å². The Morgan fingerprint density at radius 1 is 1.30 bits per heavy atom. The molecule has 0 radical (unpaired) electrons. The van der Waals surface area contributed by atoms with Crippen LogP contribution in [-0.4, -0.2) is 26.3 Å². The van der Waals surface area contributed by atoms with Crippen molar-refractivity contribution in [2.24, 2.45) is 0 Å². The highest BCUT2D eigenvalue weighted by Crippen LogP contribution is 2.43. The fourth-order valence-corrected chi connectivity index (χ4v) is 3.59. The van der Waals surface area contributed by atoms with Crippen LogP contribution in [0.1, 0.15) is 35.6 Å². The van der Waals surface area contributed by atoms with Crippen molar-refractivity contribution in [3.63, 3.8) is 0 Å². The van der Waals surface area contributed by atoms with Gasteiger partial charge < -0.3 is 20.1 Å². The predicted octanol–water partition coefficient (Wildman–Crippen LogP) is 4.68. The number of methoxy groups -OCH3 is 1. The highest BCUT2D eigenvalue weighted by Gasteiger charge is 2.30. The van der Waals surface area contributed by atoms with Gasteiger partial charge in [0.05, 0.1) is 23.2 Å². The van der Waals surface area contributed by atoms with Gasteiger partial charge in [0.1, 0.15) is 12.4 Å². The lowest BCUT2D eigenvalue weighted by atomic mass is 9.89. The highest BCUT2D eigenvalue weighted by molar-refractivity contribution is 6.42. The topological polar surface area (TPSA) is 59.6 Å². The van der Waals surface area contributed by atoms with Crippen molar-refractivity contribution in [3.05, 3.63) is 63.1 Å². The van der Waals surface area contributed by atoms with E-state index < -0.39 is 6.09 Å². The van der Waals surface area contributed by atoms with Crippen molar-refractivity contribution < 1.29 is 14.3 Å². The zero-order valence-electron chi connectivity index (χ0n) is 15.2. The number of hydrogen-bond donors (Lipinski definition) is 2. The molecule has 0 aromatic heterocycles. The van der Waals surface area contributed by atoms with Gasteiger partial charge in [-0.05, 0) is 18.6 Å². The van der Waals surface area contributed by atoms with E-state index in [2.05, 4.69) is 10.6 Å². The minimum absolute atomic E-state index is 0.205. The van der Waals surface area contributed by atoms with Crippen molar-refractivity contribution in [2.45, 2.75) is 25.5 Å². The summed E-state index contributed by atoms with van der Waals surface area (Å²) in [5.41, 5.74) is 2.57. The molecule has 0 spiro atoms. The van der Waals surface area contributed by atoms with E-state index >= 15 is 0 Å². The molecule has 144 valence electrons. The Bertz CT molecular complexity index is 811. The lowest BCUT2D eigenvalue weighted by molar-refractivity contribution is 0.136. The molecule has 5 nitrogen and oxygen atoms in total. The van der Waals surface area contributed by atoms with Crippen LogP contribution in [0.4, 0.5) is 4.79 Å². The van der Waals surface area contributed by atoms with Crippen molar-refractivity contribution in [1.82, 2.24) is 10.6 Å². The fraction of sp³-hybridized carbons (Fsp3) is 0.350. The van der Waals surface area contributed by atoms with E-state index in [-0.39, 0.29) is 18.6 Å². The summed E-state index contributed by atoms with van der Waals surface area (Å²) in [7, 11) is 1.60. The lowest BCUT2D eigenvalue weighted by Gasteiger charge is -2.31. The molecule has 0 bridgehead atoms. The van der Waals surface area contributed by atoms with Gasteiger partial charge in [-0.1, -0.05) is 53.5 Å². The lowest BCUT2D eigenvalue weighted by Crippen LogP contribution is -2.40. The minimum Gasteiger partial charge on any atom is -0.496 e. The van der Waals surface area contributed by atoms with E-state index in [0.717, 1.165) is 29.8 Å². The third-order valence-corrected chi connectivity index (χ3v) is 5.44. The van der Waals surface area contributed by atoms with E-state index in [0.29, 0.717) is 15.8 Å². The van der Waals surface area contributed by atoms with Gasteiger partial charge in [-0.25, -0.2) is 4.79 Å². The Hall–Kier alpha value is -1.95. The number of ether oxygens (including phenoxy) is 2. The number of halogens is 2. The third-order valence-electron chi connectivity index (χ3n) is 4.64. The molecular weight excluding hydrogens is 387 g/mol. The van der Waals surface area contributed by atoms with Crippen molar-refractivity contribution in [3.8, 4) is 5.75 Å². The Kier molecular flexibility index (Phi) is 6.47. The summed E-state index contributed by atoms with van der Waals surface area (Å²) < 4.78 is 10.9. The molecule has 27 heavy (non-hydrogen) atoms. The molecule has 7 heteroatoms. The van der Waals surface area contributed by atoms with Crippen LogP contribution in [0.2, 0.25) is 10.0 Å². The summed E-state index contributed by atoms with van der Waals surface area (Å²) in [6.45, 7) is 3.69. The molecule has 1 saturated heterocycles. The highest BCUT2D eigenvalue weighted by atomic mass is 35.5. The van der Waals surface area contributed by atoms with Crippen LogP contribution >= 0.6 is 23.2 Å². The normalized spacial score (nSPS) is 15.0. The average Bonchev–Trinajstić information content (AvgIpc) is 2.63. The second-order valence-corrected chi connectivity index (χ2v) is 7.28. The second-order valence-electron chi connectivity index (χ2n) is 6.49. The van der Waals surface area contributed by atoms with Gasteiger partial charge in [0.2, 0.25) is 0 Å². The number of alkyl carbamates (subject to hydrolysis) is 1. The van der Waals surface area contributed by atoms with Gasteiger partial charge in [-0.2, -0.15) is 0 Å². The van der Waals surface area contributed by atoms with Gasteiger partial charge in [-0.3, -0.25) is 0 Å². The molecule has 1 unspecified atom stereocenters. The molecule has 2 N–H and O–H groups in total. The molecule has 1 aliphatic heterocycles.